The number of benzene rings is 1. The summed E-state index contributed by atoms with van der Waals surface area (Å²) < 4.78 is 1.85. The van der Waals surface area contributed by atoms with Gasteiger partial charge in [-0.1, -0.05) is 47.8 Å². The van der Waals surface area contributed by atoms with Crippen molar-refractivity contribution >= 4 is 40.9 Å². The number of hydrogen-bond acceptors (Lipinski definition) is 4. The minimum absolute atomic E-state index is 0.0472. The summed E-state index contributed by atoms with van der Waals surface area (Å²) >= 11 is 13.4. The molecule has 1 fully saturated rings. The van der Waals surface area contributed by atoms with Crippen LogP contribution in [0.1, 0.15) is 25.7 Å². The Hall–Kier alpha value is -1.24. The molecular weight excluding hydrogens is 367 g/mol. The number of hydrogen-bond donors (Lipinski definition) is 1. The topological polar surface area (TPSA) is 59.8 Å². The zero-order valence-corrected chi connectivity index (χ0v) is 15.6. The molecule has 0 saturated heterocycles. The van der Waals surface area contributed by atoms with Crippen molar-refractivity contribution in [1.82, 2.24) is 20.1 Å². The summed E-state index contributed by atoms with van der Waals surface area (Å²) in [5.41, 5.74) is 0.835. The number of amides is 1. The first kappa shape index (κ1) is 17.6. The molecule has 0 bridgehead atoms. The number of aromatic nitrogens is 3. The summed E-state index contributed by atoms with van der Waals surface area (Å²) in [5.74, 6) is 1.07. The summed E-state index contributed by atoms with van der Waals surface area (Å²) in [7, 11) is 1.87. The number of carbonyl (C=O) groups is 1. The van der Waals surface area contributed by atoms with Crippen LogP contribution in [-0.2, 0) is 11.8 Å². The zero-order valence-electron chi connectivity index (χ0n) is 13.3. The van der Waals surface area contributed by atoms with Crippen LogP contribution in [0.15, 0.2) is 23.4 Å². The Kier molecular flexibility index (Phi) is 5.69. The van der Waals surface area contributed by atoms with Crippen LogP contribution in [-0.4, -0.2) is 32.5 Å². The summed E-state index contributed by atoms with van der Waals surface area (Å²) in [4.78, 5) is 12.0. The fraction of sp³-hybridized carbons (Fsp3) is 0.438. The molecule has 1 aliphatic rings. The van der Waals surface area contributed by atoms with E-state index < -0.39 is 0 Å². The molecule has 1 aliphatic carbocycles. The molecular formula is C16H18Cl2N4OS. The van der Waals surface area contributed by atoms with Gasteiger partial charge in [0.2, 0.25) is 5.91 Å². The molecule has 24 heavy (non-hydrogen) atoms. The van der Waals surface area contributed by atoms with E-state index in [1.165, 1.54) is 24.6 Å². The van der Waals surface area contributed by atoms with Crippen LogP contribution in [0.5, 0.6) is 0 Å². The molecule has 2 aromatic rings. The second kappa shape index (κ2) is 7.76. The van der Waals surface area contributed by atoms with E-state index in [9.17, 15) is 4.79 Å². The Balaban J connectivity index is 1.64. The van der Waals surface area contributed by atoms with E-state index in [0.717, 1.165) is 18.4 Å². The molecule has 1 aromatic heterocycles. The maximum Gasteiger partial charge on any atom is 0.230 e. The molecule has 0 spiro atoms. The van der Waals surface area contributed by atoms with Gasteiger partial charge in [-0.15, -0.1) is 10.2 Å². The maximum absolute atomic E-state index is 12.0. The van der Waals surface area contributed by atoms with Crippen LogP contribution in [0.4, 0.5) is 0 Å². The SMILES string of the molecule is Cn1c(SCC(=O)NC2CCCC2)nnc1-c1ccc(Cl)c(Cl)c1. The third kappa shape index (κ3) is 4.05. The van der Waals surface area contributed by atoms with Crippen LogP contribution in [0.3, 0.4) is 0 Å². The number of rotatable bonds is 5. The standard InChI is InChI=1S/C16H18Cl2N4OS/c1-22-15(10-6-7-12(17)13(18)8-10)20-21-16(22)24-9-14(23)19-11-4-2-3-5-11/h6-8,11H,2-5,9H2,1H3,(H,19,23). The van der Waals surface area contributed by atoms with Gasteiger partial charge in [0.15, 0.2) is 11.0 Å². The average molecular weight is 385 g/mol. The lowest BCUT2D eigenvalue weighted by molar-refractivity contribution is -0.119. The number of thioether (sulfide) groups is 1. The first-order valence-corrected chi connectivity index (χ1v) is 9.55. The van der Waals surface area contributed by atoms with Gasteiger partial charge in [0.1, 0.15) is 0 Å². The highest BCUT2D eigenvalue weighted by atomic mass is 35.5. The van der Waals surface area contributed by atoms with E-state index in [1.54, 1.807) is 12.1 Å². The molecule has 1 heterocycles. The van der Waals surface area contributed by atoms with E-state index >= 15 is 0 Å². The molecule has 5 nitrogen and oxygen atoms in total. The van der Waals surface area contributed by atoms with Crippen molar-refractivity contribution < 1.29 is 4.79 Å². The quantitative estimate of drug-likeness (QED) is 0.792. The van der Waals surface area contributed by atoms with Crippen LogP contribution in [0, 0.1) is 0 Å². The fourth-order valence-electron chi connectivity index (χ4n) is 2.80. The van der Waals surface area contributed by atoms with Gasteiger partial charge in [0.25, 0.3) is 0 Å². The van der Waals surface area contributed by atoms with E-state index in [1.807, 2.05) is 17.7 Å². The molecule has 128 valence electrons. The van der Waals surface area contributed by atoms with Crippen molar-refractivity contribution in [3.63, 3.8) is 0 Å². The Morgan fingerprint density at radius 3 is 2.75 bits per heavy atom. The minimum Gasteiger partial charge on any atom is -0.353 e. The summed E-state index contributed by atoms with van der Waals surface area (Å²) in [5, 5.41) is 13.1. The smallest absolute Gasteiger partial charge is 0.230 e. The van der Waals surface area contributed by atoms with Crippen LogP contribution in [0.2, 0.25) is 10.0 Å². The van der Waals surface area contributed by atoms with Gasteiger partial charge in [-0.25, -0.2) is 0 Å². The normalized spacial score (nSPS) is 15.0. The van der Waals surface area contributed by atoms with Crippen LogP contribution >= 0.6 is 35.0 Å². The Morgan fingerprint density at radius 1 is 1.29 bits per heavy atom. The maximum atomic E-state index is 12.0. The van der Waals surface area contributed by atoms with Gasteiger partial charge in [-0.3, -0.25) is 4.79 Å². The molecule has 0 aliphatic heterocycles. The highest BCUT2D eigenvalue weighted by molar-refractivity contribution is 7.99. The van der Waals surface area contributed by atoms with Gasteiger partial charge >= 0.3 is 0 Å². The van der Waals surface area contributed by atoms with Gasteiger partial charge in [0, 0.05) is 18.7 Å². The molecule has 0 unspecified atom stereocenters. The molecule has 3 rings (SSSR count). The third-order valence-electron chi connectivity index (χ3n) is 4.07. The lowest BCUT2D eigenvalue weighted by Gasteiger charge is -2.11. The average Bonchev–Trinajstić information content (AvgIpc) is 3.18. The van der Waals surface area contributed by atoms with Crippen molar-refractivity contribution in [2.24, 2.45) is 7.05 Å². The molecule has 1 aromatic carbocycles. The van der Waals surface area contributed by atoms with Gasteiger partial charge in [-0.2, -0.15) is 0 Å². The third-order valence-corrected chi connectivity index (χ3v) is 5.82. The zero-order chi connectivity index (χ0) is 17.1. The molecule has 0 radical (unpaired) electrons. The summed E-state index contributed by atoms with van der Waals surface area (Å²) in [6.07, 6.45) is 4.58. The Morgan fingerprint density at radius 2 is 2.04 bits per heavy atom. The van der Waals surface area contributed by atoms with Crippen molar-refractivity contribution in [3.05, 3.63) is 28.2 Å². The molecule has 8 heteroatoms. The van der Waals surface area contributed by atoms with E-state index in [2.05, 4.69) is 15.5 Å². The highest BCUT2D eigenvalue weighted by Crippen LogP contribution is 2.29. The summed E-state index contributed by atoms with van der Waals surface area (Å²) in [6, 6.07) is 5.68. The van der Waals surface area contributed by atoms with Crippen LogP contribution in [0.25, 0.3) is 11.4 Å². The van der Waals surface area contributed by atoms with Gasteiger partial charge in [0.05, 0.1) is 15.8 Å². The van der Waals surface area contributed by atoms with Crippen molar-refractivity contribution in [2.75, 3.05) is 5.75 Å². The highest BCUT2D eigenvalue weighted by Gasteiger charge is 2.18. The molecule has 0 atom stereocenters. The number of halogens is 2. The minimum atomic E-state index is 0.0472. The summed E-state index contributed by atoms with van der Waals surface area (Å²) in [6.45, 7) is 0. The second-order valence-corrected chi connectivity index (χ2v) is 7.59. The van der Waals surface area contributed by atoms with Crippen molar-refractivity contribution in [3.8, 4) is 11.4 Å². The monoisotopic (exact) mass is 384 g/mol. The Labute approximate surface area is 155 Å². The van der Waals surface area contributed by atoms with Gasteiger partial charge in [-0.05, 0) is 31.0 Å². The number of nitrogens with zero attached hydrogens (tertiary/aromatic N) is 3. The number of nitrogens with one attached hydrogen (secondary N) is 1. The van der Waals surface area contributed by atoms with E-state index in [4.69, 9.17) is 23.2 Å². The molecule has 1 amide bonds. The largest absolute Gasteiger partial charge is 0.353 e. The van der Waals surface area contributed by atoms with E-state index in [0.29, 0.717) is 32.8 Å². The molecule has 1 N–H and O–H groups in total. The lowest BCUT2D eigenvalue weighted by atomic mass is 10.2. The lowest BCUT2D eigenvalue weighted by Crippen LogP contribution is -2.33. The second-order valence-electron chi connectivity index (χ2n) is 5.83. The first-order chi connectivity index (χ1) is 11.5. The number of carbonyl (C=O) groups excluding carboxylic acids is 1. The molecule has 1 saturated carbocycles. The Bertz CT molecular complexity index is 744. The van der Waals surface area contributed by atoms with Crippen LogP contribution < -0.4 is 5.32 Å². The fourth-order valence-corrected chi connectivity index (χ4v) is 3.82. The van der Waals surface area contributed by atoms with Gasteiger partial charge < -0.3 is 9.88 Å². The van der Waals surface area contributed by atoms with E-state index in [-0.39, 0.29) is 5.91 Å². The predicted molar refractivity (Wildman–Crippen MR) is 97.6 cm³/mol. The first-order valence-electron chi connectivity index (χ1n) is 7.81. The van der Waals surface area contributed by atoms with Crippen molar-refractivity contribution in [1.29, 1.82) is 0 Å². The van der Waals surface area contributed by atoms with Crippen molar-refractivity contribution in [2.45, 2.75) is 36.9 Å². The predicted octanol–water partition coefficient (Wildman–Crippen LogP) is 3.94.